The Balaban J connectivity index is 2.27. The number of nitrogens with two attached hydrogens (primary N) is 1. The van der Waals surface area contributed by atoms with Crippen molar-refractivity contribution in [2.75, 3.05) is 5.73 Å². The summed E-state index contributed by atoms with van der Waals surface area (Å²) in [5.41, 5.74) is 10.0. The van der Waals surface area contributed by atoms with Crippen molar-refractivity contribution in [1.82, 2.24) is 9.55 Å². The average molecular weight is 223 g/mol. The molecule has 3 heteroatoms. The van der Waals surface area contributed by atoms with Crippen LogP contribution in [0.3, 0.4) is 0 Å². The largest absolute Gasteiger partial charge is 0.399 e. The third kappa shape index (κ3) is 1.56. The van der Waals surface area contributed by atoms with Gasteiger partial charge in [0.1, 0.15) is 0 Å². The number of aromatic nitrogens is 2. The molecule has 3 nitrogen and oxygen atoms in total. The molecule has 84 valence electrons. The standard InChI is InChI=1S/C14H13N3/c1-17-9-13(10-2-4-11(15)5-3-10)12-6-7-16-8-14(12)17/h2-9H,15H2,1H3. The zero-order valence-electron chi connectivity index (χ0n) is 9.59. The third-order valence-corrected chi connectivity index (χ3v) is 3.01. The van der Waals surface area contributed by atoms with Crippen molar-refractivity contribution in [2.24, 2.45) is 7.05 Å². The molecule has 2 heterocycles. The predicted molar refractivity (Wildman–Crippen MR) is 70.6 cm³/mol. The maximum absolute atomic E-state index is 5.71. The lowest BCUT2D eigenvalue weighted by atomic mass is 10.1. The van der Waals surface area contributed by atoms with Crippen molar-refractivity contribution >= 4 is 16.6 Å². The van der Waals surface area contributed by atoms with E-state index in [-0.39, 0.29) is 0 Å². The fourth-order valence-electron chi connectivity index (χ4n) is 2.12. The van der Waals surface area contributed by atoms with E-state index in [0.29, 0.717) is 0 Å². The first-order valence-corrected chi connectivity index (χ1v) is 5.50. The molecule has 3 aromatic rings. The van der Waals surface area contributed by atoms with Crippen molar-refractivity contribution in [1.29, 1.82) is 0 Å². The first kappa shape index (κ1) is 9.90. The Morgan fingerprint density at radius 2 is 1.88 bits per heavy atom. The van der Waals surface area contributed by atoms with Gasteiger partial charge < -0.3 is 10.3 Å². The van der Waals surface area contributed by atoms with Crippen molar-refractivity contribution in [2.45, 2.75) is 0 Å². The second-order valence-electron chi connectivity index (χ2n) is 4.17. The summed E-state index contributed by atoms with van der Waals surface area (Å²) in [5.74, 6) is 0. The number of aryl methyl sites for hydroxylation is 1. The lowest BCUT2D eigenvalue weighted by molar-refractivity contribution is 0.966. The maximum Gasteiger partial charge on any atom is 0.0670 e. The molecular formula is C14H13N3. The van der Waals surface area contributed by atoms with Gasteiger partial charge in [-0.1, -0.05) is 12.1 Å². The van der Waals surface area contributed by atoms with Crippen LogP contribution in [0.5, 0.6) is 0 Å². The summed E-state index contributed by atoms with van der Waals surface area (Å²) in [6, 6.07) is 9.99. The molecular weight excluding hydrogens is 210 g/mol. The Bertz CT molecular complexity index is 666. The van der Waals surface area contributed by atoms with E-state index in [1.54, 1.807) is 0 Å². The normalized spacial score (nSPS) is 10.9. The summed E-state index contributed by atoms with van der Waals surface area (Å²) >= 11 is 0. The molecule has 0 atom stereocenters. The molecule has 2 N–H and O–H groups in total. The number of hydrogen-bond donors (Lipinski definition) is 1. The minimum atomic E-state index is 0.788. The number of nitrogen functional groups attached to an aromatic ring is 1. The van der Waals surface area contributed by atoms with Crippen molar-refractivity contribution in [3.05, 3.63) is 48.9 Å². The summed E-state index contributed by atoms with van der Waals surface area (Å²) in [6.07, 6.45) is 5.83. The molecule has 0 spiro atoms. The molecule has 2 aromatic heterocycles. The molecule has 0 fully saturated rings. The molecule has 0 aliphatic rings. The van der Waals surface area contributed by atoms with E-state index in [2.05, 4.69) is 15.7 Å². The molecule has 17 heavy (non-hydrogen) atoms. The first-order valence-electron chi connectivity index (χ1n) is 5.50. The summed E-state index contributed by atoms with van der Waals surface area (Å²) in [4.78, 5) is 4.15. The molecule has 0 bridgehead atoms. The molecule has 3 rings (SSSR count). The van der Waals surface area contributed by atoms with Gasteiger partial charge in [-0.2, -0.15) is 0 Å². The van der Waals surface area contributed by atoms with Crippen LogP contribution in [0.15, 0.2) is 48.9 Å². The van der Waals surface area contributed by atoms with Crippen LogP contribution in [-0.4, -0.2) is 9.55 Å². The highest BCUT2D eigenvalue weighted by Gasteiger charge is 2.07. The number of hydrogen-bond acceptors (Lipinski definition) is 2. The van der Waals surface area contributed by atoms with Gasteiger partial charge in [-0.3, -0.25) is 4.98 Å². The topological polar surface area (TPSA) is 43.8 Å². The van der Waals surface area contributed by atoms with Crippen LogP contribution in [0.1, 0.15) is 0 Å². The Morgan fingerprint density at radius 3 is 2.65 bits per heavy atom. The smallest absolute Gasteiger partial charge is 0.0670 e. The number of pyridine rings is 1. The van der Waals surface area contributed by atoms with E-state index in [1.807, 2.05) is 49.8 Å². The third-order valence-electron chi connectivity index (χ3n) is 3.01. The Morgan fingerprint density at radius 1 is 1.12 bits per heavy atom. The number of fused-ring (bicyclic) bond motifs is 1. The molecule has 0 saturated heterocycles. The van der Waals surface area contributed by atoms with Gasteiger partial charge in [0.05, 0.1) is 11.7 Å². The SMILES string of the molecule is Cn1cc(-c2ccc(N)cc2)c2ccncc21. The van der Waals surface area contributed by atoms with Gasteiger partial charge in [-0.05, 0) is 23.8 Å². The summed E-state index contributed by atoms with van der Waals surface area (Å²) in [5, 5.41) is 1.22. The molecule has 0 unspecified atom stereocenters. The van der Waals surface area contributed by atoms with Crippen LogP contribution in [-0.2, 0) is 7.05 Å². The van der Waals surface area contributed by atoms with Crippen molar-refractivity contribution < 1.29 is 0 Å². The minimum Gasteiger partial charge on any atom is -0.399 e. The monoisotopic (exact) mass is 223 g/mol. The molecule has 0 saturated carbocycles. The van der Waals surface area contributed by atoms with Gasteiger partial charge >= 0.3 is 0 Å². The van der Waals surface area contributed by atoms with Gasteiger partial charge in [-0.25, -0.2) is 0 Å². The second-order valence-corrected chi connectivity index (χ2v) is 4.17. The quantitative estimate of drug-likeness (QED) is 0.645. The fraction of sp³-hybridized carbons (Fsp3) is 0.0714. The van der Waals surface area contributed by atoms with Gasteiger partial charge in [0.25, 0.3) is 0 Å². The summed E-state index contributed by atoms with van der Waals surface area (Å²) < 4.78 is 2.09. The highest BCUT2D eigenvalue weighted by atomic mass is 14.9. The van der Waals surface area contributed by atoms with Crippen LogP contribution in [0.4, 0.5) is 5.69 Å². The van der Waals surface area contributed by atoms with Gasteiger partial charge in [0.15, 0.2) is 0 Å². The van der Waals surface area contributed by atoms with Crippen LogP contribution >= 0.6 is 0 Å². The highest BCUT2D eigenvalue weighted by molar-refractivity contribution is 5.95. The Kier molecular flexibility index (Phi) is 2.11. The van der Waals surface area contributed by atoms with Crippen LogP contribution in [0, 0.1) is 0 Å². The van der Waals surface area contributed by atoms with Crippen molar-refractivity contribution in [3.8, 4) is 11.1 Å². The van der Waals surface area contributed by atoms with Gasteiger partial charge in [0.2, 0.25) is 0 Å². The lowest BCUT2D eigenvalue weighted by Crippen LogP contribution is -1.83. The van der Waals surface area contributed by atoms with E-state index >= 15 is 0 Å². The van der Waals surface area contributed by atoms with E-state index in [4.69, 9.17) is 5.73 Å². The van der Waals surface area contributed by atoms with E-state index in [1.165, 1.54) is 16.5 Å². The zero-order chi connectivity index (χ0) is 11.8. The van der Waals surface area contributed by atoms with Crippen LogP contribution < -0.4 is 5.73 Å². The fourth-order valence-corrected chi connectivity index (χ4v) is 2.12. The number of benzene rings is 1. The van der Waals surface area contributed by atoms with E-state index < -0.39 is 0 Å². The highest BCUT2D eigenvalue weighted by Crippen LogP contribution is 2.29. The van der Waals surface area contributed by atoms with Crippen LogP contribution in [0.25, 0.3) is 22.0 Å². The summed E-state index contributed by atoms with van der Waals surface area (Å²) in [6.45, 7) is 0. The van der Waals surface area contributed by atoms with E-state index in [9.17, 15) is 0 Å². The number of anilines is 1. The predicted octanol–water partition coefficient (Wildman–Crippen LogP) is 2.82. The number of nitrogens with zero attached hydrogens (tertiary/aromatic N) is 2. The molecule has 0 amide bonds. The molecule has 0 aliphatic carbocycles. The summed E-state index contributed by atoms with van der Waals surface area (Å²) in [7, 11) is 2.03. The second kappa shape index (κ2) is 3.63. The first-order chi connectivity index (χ1) is 8.25. The lowest BCUT2D eigenvalue weighted by Gasteiger charge is -1.99. The Hall–Kier alpha value is -2.29. The van der Waals surface area contributed by atoms with E-state index in [0.717, 1.165) is 11.2 Å². The Labute approximate surface area is 99.5 Å². The zero-order valence-corrected chi connectivity index (χ0v) is 9.59. The van der Waals surface area contributed by atoms with Gasteiger partial charge in [0, 0.05) is 36.1 Å². The minimum absolute atomic E-state index is 0.788. The van der Waals surface area contributed by atoms with Crippen LogP contribution in [0.2, 0.25) is 0 Å². The van der Waals surface area contributed by atoms with Crippen molar-refractivity contribution in [3.63, 3.8) is 0 Å². The number of rotatable bonds is 1. The maximum atomic E-state index is 5.71. The average Bonchev–Trinajstić information content (AvgIpc) is 2.69. The molecule has 0 radical (unpaired) electrons. The molecule has 0 aliphatic heterocycles. The molecule has 1 aromatic carbocycles. The van der Waals surface area contributed by atoms with Gasteiger partial charge in [-0.15, -0.1) is 0 Å².